The molecule has 2 aromatic rings. The first-order chi connectivity index (χ1) is 11.5. The summed E-state index contributed by atoms with van der Waals surface area (Å²) in [6.07, 6.45) is 0. The number of nitrogens with one attached hydrogen (secondary N) is 1. The smallest absolute Gasteiger partial charge is 0.286 e. The molecular weight excluding hydrogens is 324 g/mol. The van der Waals surface area contributed by atoms with Gasteiger partial charge in [0.1, 0.15) is 10.7 Å². The average molecular weight is 340 g/mol. The minimum absolute atomic E-state index is 0.198. The van der Waals surface area contributed by atoms with E-state index in [0.29, 0.717) is 30.2 Å². The van der Waals surface area contributed by atoms with Crippen LogP contribution in [0.1, 0.15) is 11.1 Å². The Hall–Kier alpha value is -2.69. The van der Waals surface area contributed by atoms with Crippen LogP contribution in [-0.2, 0) is 16.6 Å². The summed E-state index contributed by atoms with van der Waals surface area (Å²) >= 11 is 0. The molecule has 0 unspecified atom stereocenters. The maximum Gasteiger partial charge on any atom is 0.286 e. The molecule has 0 saturated heterocycles. The zero-order valence-corrected chi connectivity index (χ0v) is 13.9. The molecule has 1 aliphatic heterocycles. The zero-order valence-electron chi connectivity index (χ0n) is 13.1. The van der Waals surface area contributed by atoms with E-state index in [1.807, 2.05) is 24.1 Å². The highest BCUT2D eigenvalue weighted by atomic mass is 32.2. The lowest BCUT2D eigenvalue weighted by Gasteiger charge is -2.22. The minimum Gasteiger partial charge on any atom is -0.341 e. The number of anilines is 1. The standard InChI is InChI=1S/C17H16N4O2S/c1-21(11-14-8-6-13(10-18)7-9-14)12-17-19-15-4-2-3-5-16(15)24(22,23)20-17/h2-9H,11-12H2,1H3,(H,19,20). The summed E-state index contributed by atoms with van der Waals surface area (Å²) in [6.45, 7) is 0.988. The fraction of sp³-hybridized carbons (Fsp3) is 0.176. The van der Waals surface area contributed by atoms with Crippen molar-refractivity contribution in [2.75, 3.05) is 18.9 Å². The van der Waals surface area contributed by atoms with E-state index in [4.69, 9.17) is 5.26 Å². The number of rotatable bonds is 4. The van der Waals surface area contributed by atoms with Crippen molar-refractivity contribution in [3.63, 3.8) is 0 Å². The quantitative estimate of drug-likeness (QED) is 0.922. The third-order valence-electron chi connectivity index (χ3n) is 3.63. The number of nitrogens with zero attached hydrogens (tertiary/aromatic N) is 3. The molecule has 3 rings (SSSR count). The number of hydrogen-bond donors (Lipinski definition) is 1. The summed E-state index contributed by atoms with van der Waals surface area (Å²) in [6, 6.07) is 16.1. The van der Waals surface area contributed by atoms with Crippen molar-refractivity contribution in [2.45, 2.75) is 11.4 Å². The molecule has 0 spiro atoms. The highest BCUT2D eigenvalue weighted by molar-refractivity contribution is 7.90. The van der Waals surface area contributed by atoms with Crippen molar-refractivity contribution in [2.24, 2.45) is 4.40 Å². The van der Waals surface area contributed by atoms with Crippen LogP contribution in [0.3, 0.4) is 0 Å². The summed E-state index contributed by atoms with van der Waals surface area (Å²) in [4.78, 5) is 2.15. The van der Waals surface area contributed by atoms with Gasteiger partial charge in [-0.05, 0) is 36.9 Å². The van der Waals surface area contributed by atoms with Crippen molar-refractivity contribution >= 4 is 21.5 Å². The molecule has 0 aliphatic carbocycles. The Bertz CT molecular complexity index is 928. The van der Waals surface area contributed by atoms with Crippen molar-refractivity contribution in [3.8, 4) is 6.07 Å². The second-order valence-corrected chi connectivity index (χ2v) is 7.19. The van der Waals surface area contributed by atoms with Crippen LogP contribution >= 0.6 is 0 Å². The lowest BCUT2D eigenvalue weighted by molar-refractivity contribution is 0.374. The van der Waals surface area contributed by atoms with Gasteiger partial charge in [-0.2, -0.15) is 13.7 Å². The number of sulfonamides is 1. The summed E-state index contributed by atoms with van der Waals surface area (Å²) < 4.78 is 28.3. The van der Waals surface area contributed by atoms with Crippen LogP contribution in [0.2, 0.25) is 0 Å². The number of amidine groups is 1. The van der Waals surface area contributed by atoms with Gasteiger partial charge < -0.3 is 5.32 Å². The molecule has 0 saturated carbocycles. The molecule has 24 heavy (non-hydrogen) atoms. The van der Waals surface area contributed by atoms with Crippen LogP contribution in [0.5, 0.6) is 0 Å². The third kappa shape index (κ3) is 3.45. The summed E-state index contributed by atoms with van der Waals surface area (Å²) in [5.41, 5.74) is 2.20. The Morgan fingerprint density at radius 1 is 1.12 bits per heavy atom. The SMILES string of the molecule is CN(CC1=NS(=O)(=O)c2ccccc2N1)Cc1ccc(C#N)cc1. The molecule has 6 nitrogen and oxygen atoms in total. The third-order valence-corrected chi connectivity index (χ3v) is 5.00. The topological polar surface area (TPSA) is 85.6 Å². The Morgan fingerprint density at radius 3 is 2.54 bits per heavy atom. The molecule has 0 amide bonds. The van der Waals surface area contributed by atoms with Gasteiger partial charge in [-0.3, -0.25) is 4.90 Å². The second kappa shape index (κ2) is 6.43. The summed E-state index contributed by atoms with van der Waals surface area (Å²) in [7, 11) is -1.77. The van der Waals surface area contributed by atoms with Crippen molar-refractivity contribution in [1.29, 1.82) is 5.26 Å². The average Bonchev–Trinajstić information content (AvgIpc) is 2.55. The number of hydrogen-bond acceptors (Lipinski definition) is 5. The predicted molar refractivity (Wildman–Crippen MR) is 92.2 cm³/mol. The Labute approximate surface area is 141 Å². The molecule has 0 fully saturated rings. The predicted octanol–water partition coefficient (Wildman–Crippen LogP) is 2.20. The van der Waals surface area contributed by atoms with Gasteiger partial charge >= 0.3 is 0 Å². The number of likely N-dealkylation sites (N-methyl/N-ethyl adjacent to an activating group) is 1. The maximum absolute atomic E-state index is 12.2. The first-order valence-electron chi connectivity index (χ1n) is 7.35. The van der Waals surface area contributed by atoms with E-state index >= 15 is 0 Å². The normalized spacial score (nSPS) is 15.1. The maximum atomic E-state index is 12.2. The number of para-hydroxylation sites is 1. The molecule has 0 bridgehead atoms. The van der Waals surface area contributed by atoms with Gasteiger partial charge in [0.25, 0.3) is 10.0 Å². The first-order valence-corrected chi connectivity index (χ1v) is 8.79. The molecule has 0 aromatic heterocycles. The van der Waals surface area contributed by atoms with Crippen molar-refractivity contribution in [3.05, 3.63) is 59.7 Å². The molecule has 0 atom stereocenters. The fourth-order valence-electron chi connectivity index (χ4n) is 2.54. The highest BCUT2D eigenvalue weighted by Gasteiger charge is 2.24. The van der Waals surface area contributed by atoms with E-state index in [9.17, 15) is 8.42 Å². The second-order valence-electron chi connectivity index (χ2n) is 5.62. The van der Waals surface area contributed by atoms with E-state index in [0.717, 1.165) is 5.56 Å². The number of fused-ring (bicyclic) bond motifs is 1. The van der Waals surface area contributed by atoms with Gasteiger partial charge in [0.15, 0.2) is 0 Å². The Kier molecular flexibility index (Phi) is 4.34. The molecular formula is C17H16N4O2S. The fourth-order valence-corrected chi connectivity index (χ4v) is 3.68. The summed E-state index contributed by atoms with van der Waals surface area (Å²) in [5.74, 6) is 0.393. The number of nitriles is 1. The first kappa shape index (κ1) is 16.2. The van der Waals surface area contributed by atoms with Crippen LogP contribution in [-0.4, -0.2) is 32.7 Å². The molecule has 1 aliphatic rings. The lowest BCUT2D eigenvalue weighted by Crippen LogP contribution is -2.33. The van der Waals surface area contributed by atoms with Crippen LogP contribution in [0.4, 0.5) is 5.69 Å². The minimum atomic E-state index is -3.66. The van der Waals surface area contributed by atoms with E-state index in [2.05, 4.69) is 15.8 Å². The van der Waals surface area contributed by atoms with Crippen LogP contribution < -0.4 is 5.32 Å². The Balaban J connectivity index is 1.72. The lowest BCUT2D eigenvalue weighted by atomic mass is 10.1. The van der Waals surface area contributed by atoms with Gasteiger partial charge in [0.2, 0.25) is 0 Å². The molecule has 0 radical (unpaired) electrons. The molecule has 1 heterocycles. The van der Waals surface area contributed by atoms with Crippen molar-refractivity contribution < 1.29 is 8.42 Å². The highest BCUT2D eigenvalue weighted by Crippen LogP contribution is 2.26. The van der Waals surface area contributed by atoms with Gasteiger partial charge in [0.05, 0.1) is 23.9 Å². The largest absolute Gasteiger partial charge is 0.341 e. The zero-order chi connectivity index (χ0) is 17.2. The molecule has 7 heteroatoms. The van der Waals surface area contributed by atoms with Gasteiger partial charge in [-0.1, -0.05) is 24.3 Å². The van der Waals surface area contributed by atoms with Gasteiger partial charge in [-0.15, -0.1) is 4.40 Å². The van der Waals surface area contributed by atoms with Gasteiger partial charge in [-0.25, -0.2) is 0 Å². The molecule has 122 valence electrons. The summed E-state index contributed by atoms with van der Waals surface area (Å²) in [5, 5.41) is 11.9. The van der Waals surface area contributed by atoms with E-state index in [1.54, 1.807) is 36.4 Å². The number of benzene rings is 2. The molecule has 2 aromatic carbocycles. The van der Waals surface area contributed by atoms with E-state index in [-0.39, 0.29) is 4.90 Å². The van der Waals surface area contributed by atoms with Crippen LogP contribution in [0.15, 0.2) is 57.8 Å². The molecule has 1 N–H and O–H groups in total. The van der Waals surface area contributed by atoms with Crippen LogP contribution in [0, 0.1) is 11.3 Å². The van der Waals surface area contributed by atoms with Gasteiger partial charge in [0, 0.05) is 6.54 Å². The van der Waals surface area contributed by atoms with E-state index < -0.39 is 10.0 Å². The Morgan fingerprint density at radius 2 is 1.83 bits per heavy atom. The van der Waals surface area contributed by atoms with Crippen LogP contribution in [0.25, 0.3) is 0 Å². The van der Waals surface area contributed by atoms with Crippen molar-refractivity contribution in [1.82, 2.24) is 4.90 Å². The monoisotopic (exact) mass is 340 g/mol. The van der Waals surface area contributed by atoms with E-state index in [1.165, 1.54) is 0 Å².